The van der Waals surface area contributed by atoms with Gasteiger partial charge in [-0.15, -0.1) is 27.1 Å². The Balaban J connectivity index is 1.70. The molecule has 0 unspecified atom stereocenters. The van der Waals surface area contributed by atoms with Crippen LogP contribution in [0, 0.1) is 0 Å². The summed E-state index contributed by atoms with van der Waals surface area (Å²) in [5.74, 6) is 0.351. The first-order valence-corrected chi connectivity index (χ1v) is 13.3. The number of carbonyl (C=O) groups excluding carboxylic acids is 1. The van der Waals surface area contributed by atoms with E-state index in [0.717, 1.165) is 64.8 Å². The van der Waals surface area contributed by atoms with Crippen LogP contribution in [0.25, 0.3) is 0 Å². The van der Waals surface area contributed by atoms with Crippen LogP contribution in [-0.2, 0) is 17.6 Å². The molecule has 0 aliphatic heterocycles. The van der Waals surface area contributed by atoms with E-state index in [-0.39, 0.29) is 5.91 Å². The molecule has 0 fully saturated rings. The highest BCUT2D eigenvalue weighted by Crippen LogP contribution is 2.21. The van der Waals surface area contributed by atoms with Crippen LogP contribution in [0.3, 0.4) is 0 Å². The summed E-state index contributed by atoms with van der Waals surface area (Å²) in [6, 6.07) is 3.70. The summed E-state index contributed by atoms with van der Waals surface area (Å²) < 4.78 is 0. The van der Waals surface area contributed by atoms with Gasteiger partial charge < -0.3 is 10.6 Å². The van der Waals surface area contributed by atoms with Crippen molar-refractivity contribution in [2.45, 2.75) is 59.3 Å². The molecular weight excluding hydrogens is 464 g/mol. The van der Waals surface area contributed by atoms with Crippen molar-refractivity contribution in [3.8, 4) is 0 Å². The molecule has 0 aliphatic carbocycles. The predicted molar refractivity (Wildman–Crippen MR) is 145 cm³/mol. The Morgan fingerprint density at radius 1 is 1.00 bits per heavy atom. The average molecular weight is 499 g/mol. The molecular formula is C25H34N6OS2. The van der Waals surface area contributed by atoms with Gasteiger partial charge in [-0.05, 0) is 63.8 Å². The number of thioether (sulfide) groups is 1. The Hall–Kier alpha value is -2.78. The maximum atomic E-state index is 12.1. The monoisotopic (exact) mass is 498 g/mol. The van der Waals surface area contributed by atoms with E-state index in [2.05, 4.69) is 56.5 Å². The van der Waals surface area contributed by atoms with Crippen molar-refractivity contribution in [1.82, 2.24) is 20.4 Å². The number of amides is 1. The lowest BCUT2D eigenvalue weighted by Gasteiger charge is -2.06. The molecule has 2 N–H and O–H groups in total. The van der Waals surface area contributed by atoms with Gasteiger partial charge in [-0.2, -0.15) is 5.10 Å². The number of rotatable bonds is 14. The fourth-order valence-corrected chi connectivity index (χ4v) is 4.55. The largest absolute Gasteiger partial charge is 0.334 e. The molecule has 7 nitrogen and oxygen atoms in total. The van der Waals surface area contributed by atoms with Crippen LogP contribution in [0.2, 0.25) is 0 Å². The van der Waals surface area contributed by atoms with E-state index < -0.39 is 0 Å². The van der Waals surface area contributed by atoms with Gasteiger partial charge in [0.2, 0.25) is 11.0 Å². The first-order valence-electron chi connectivity index (χ1n) is 11.2. The van der Waals surface area contributed by atoms with Crippen molar-refractivity contribution < 1.29 is 4.79 Å². The number of aromatic nitrogens is 4. The van der Waals surface area contributed by atoms with Gasteiger partial charge in [-0.1, -0.05) is 47.3 Å². The fourth-order valence-electron chi connectivity index (χ4n) is 3.23. The topological polar surface area (TPSA) is 92.7 Å². The quantitative estimate of drug-likeness (QED) is 0.232. The minimum Gasteiger partial charge on any atom is -0.334 e. The third kappa shape index (κ3) is 10.9. The second-order valence-corrected chi connectivity index (χ2v) is 10.1. The summed E-state index contributed by atoms with van der Waals surface area (Å²) in [4.78, 5) is 12.1. The summed E-state index contributed by atoms with van der Waals surface area (Å²) in [6.07, 6.45) is 8.70. The SMILES string of the molecule is C=C(C)/C=C(\C)CC(=O)Nc1ccc(CCCCc2nnc(NC(=C)C/C(C)=C/SC)s2)nn1. The van der Waals surface area contributed by atoms with Crippen LogP contribution < -0.4 is 10.6 Å². The van der Waals surface area contributed by atoms with Crippen molar-refractivity contribution in [2.24, 2.45) is 0 Å². The lowest BCUT2D eigenvalue weighted by Crippen LogP contribution is -2.13. The van der Waals surface area contributed by atoms with E-state index >= 15 is 0 Å². The van der Waals surface area contributed by atoms with Crippen molar-refractivity contribution in [1.29, 1.82) is 0 Å². The van der Waals surface area contributed by atoms with Crippen molar-refractivity contribution >= 4 is 40.0 Å². The molecule has 2 rings (SSSR count). The number of allylic oxidation sites excluding steroid dienone is 3. The molecule has 0 atom stereocenters. The number of hydrogen-bond donors (Lipinski definition) is 2. The molecule has 0 radical (unpaired) electrons. The Bertz CT molecular complexity index is 1040. The highest BCUT2D eigenvalue weighted by molar-refractivity contribution is 8.01. The number of carbonyl (C=O) groups is 1. The van der Waals surface area contributed by atoms with Crippen LogP contribution in [0.4, 0.5) is 10.9 Å². The normalized spacial score (nSPS) is 11.9. The standard InChI is InChI=1S/C25H34N6OS2/c1-17(2)13-18(3)15-23(32)27-22-12-11-21(28-29-22)9-7-8-10-24-30-31-25(34-24)26-20(5)14-19(4)16-33-6/h11-13,16H,1,5,7-10,14-15H2,2-4,6H3,(H,26,31)(H,27,29,32)/b18-13+,19-16+. The van der Waals surface area contributed by atoms with E-state index in [1.165, 1.54) is 5.57 Å². The van der Waals surface area contributed by atoms with E-state index in [1.54, 1.807) is 29.2 Å². The van der Waals surface area contributed by atoms with E-state index in [1.807, 2.05) is 32.2 Å². The minimum absolute atomic E-state index is 0.113. The zero-order valence-corrected chi connectivity index (χ0v) is 22.1. The van der Waals surface area contributed by atoms with E-state index in [9.17, 15) is 4.79 Å². The van der Waals surface area contributed by atoms with Gasteiger partial charge in [0.25, 0.3) is 0 Å². The first-order chi connectivity index (χ1) is 16.2. The van der Waals surface area contributed by atoms with Crippen LogP contribution in [-0.4, -0.2) is 32.6 Å². The van der Waals surface area contributed by atoms with Gasteiger partial charge in [0, 0.05) is 25.0 Å². The molecule has 0 spiro atoms. The second kappa shape index (κ2) is 14.5. The van der Waals surface area contributed by atoms with Gasteiger partial charge in [0.1, 0.15) is 5.01 Å². The number of aryl methyl sites for hydroxylation is 2. The first kappa shape index (κ1) is 27.5. The molecule has 0 bridgehead atoms. The third-order valence-corrected chi connectivity index (χ3v) is 6.09. The fraction of sp³-hybridized carbons (Fsp3) is 0.400. The van der Waals surface area contributed by atoms with Crippen molar-refractivity contribution in [3.05, 3.63) is 69.9 Å². The zero-order chi connectivity index (χ0) is 24.9. The van der Waals surface area contributed by atoms with Gasteiger partial charge in [0.05, 0.1) is 5.69 Å². The number of unbranched alkanes of at least 4 members (excludes halogenated alkanes) is 1. The Morgan fingerprint density at radius 2 is 1.76 bits per heavy atom. The Labute approximate surface area is 211 Å². The molecule has 9 heteroatoms. The molecule has 2 heterocycles. The summed E-state index contributed by atoms with van der Waals surface area (Å²) in [5.41, 5.74) is 4.96. The zero-order valence-electron chi connectivity index (χ0n) is 20.5. The Morgan fingerprint density at radius 3 is 2.44 bits per heavy atom. The summed E-state index contributed by atoms with van der Waals surface area (Å²) >= 11 is 3.26. The van der Waals surface area contributed by atoms with Crippen LogP contribution in [0.15, 0.2) is 59.2 Å². The highest BCUT2D eigenvalue weighted by Gasteiger charge is 2.07. The number of anilines is 2. The van der Waals surface area contributed by atoms with Crippen LogP contribution >= 0.6 is 23.1 Å². The summed E-state index contributed by atoms with van der Waals surface area (Å²) in [7, 11) is 0. The number of nitrogens with one attached hydrogen (secondary N) is 2. The molecule has 0 aliphatic rings. The molecule has 2 aromatic rings. The Kier molecular flexibility index (Phi) is 11.7. The van der Waals surface area contributed by atoms with Gasteiger partial charge in [-0.25, -0.2) is 0 Å². The van der Waals surface area contributed by atoms with Gasteiger partial charge in [0.15, 0.2) is 5.82 Å². The molecule has 34 heavy (non-hydrogen) atoms. The lowest BCUT2D eigenvalue weighted by molar-refractivity contribution is -0.115. The smallest absolute Gasteiger partial charge is 0.229 e. The predicted octanol–water partition coefficient (Wildman–Crippen LogP) is 6.33. The van der Waals surface area contributed by atoms with E-state index in [0.29, 0.717) is 12.2 Å². The third-order valence-electron chi connectivity index (χ3n) is 4.55. The summed E-state index contributed by atoms with van der Waals surface area (Å²) in [6.45, 7) is 13.8. The molecule has 1 amide bonds. The van der Waals surface area contributed by atoms with Crippen LogP contribution in [0.1, 0.15) is 57.2 Å². The molecule has 0 saturated heterocycles. The minimum atomic E-state index is -0.113. The molecule has 2 aromatic heterocycles. The van der Waals surface area contributed by atoms with Gasteiger partial charge in [-0.3, -0.25) is 4.79 Å². The lowest BCUT2D eigenvalue weighted by atomic mass is 10.1. The van der Waals surface area contributed by atoms with E-state index in [4.69, 9.17) is 0 Å². The van der Waals surface area contributed by atoms with Crippen molar-refractivity contribution in [3.63, 3.8) is 0 Å². The molecule has 0 aromatic carbocycles. The van der Waals surface area contributed by atoms with Gasteiger partial charge >= 0.3 is 0 Å². The number of hydrogen-bond acceptors (Lipinski definition) is 8. The number of nitrogens with zero attached hydrogens (tertiary/aromatic N) is 4. The van der Waals surface area contributed by atoms with Crippen molar-refractivity contribution in [2.75, 3.05) is 16.9 Å². The van der Waals surface area contributed by atoms with Crippen LogP contribution in [0.5, 0.6) is 0 Å². The molecule has 0 saturated carbocycles. The highest BCUT2D eigenvalue weighted by atomic mass is 32.2. The average Bonchev–Trinajstić information content (AvgIpc) is 3.18. The molecule has 182 valence electrons. The second-order valence-electron chi connectivity index (χ2n) is 8.29. The summed E-state index contributed by atoms with van der Waals surface area (Å²) in [5, 5.41) is 26.8. The maximum absolute atomic E-state index is 12.1. The maximum Gasteiger partial charge on any atom is 0.229 e.